The lowest BCUT2D eigenvalue weighted by molar-refractivity contribution is 0.0697. The van der Waals surface area contributed by atoms with Crippen molar-refractivity contribution in [2.75, 3.05) is 13.1 Å². The zero-order valence-electron chi connectivity index (χ0n) is 7.86. The van der Waals surface area contributed by atoms with E-state index in [4.69, 9.17) is 5.11 Å². The minimum atomic E-state index is -0.860. The third kappa shape index (κ3) is 1.77. The number of rotatable bonds is 2. The fourth-order valence-electron chi connectivity index (χ4n) is 1.84. The van der Waals surface area contributed by atoms with Crippen molar-refractivity contribution >= 4 is 5.97 Å². The molecule has 0 bridgehead atoms. The molecule has 0 amide bonds. The first-order chi connectivity index (χ1) is 6.77. The minimum Gasteiger partial charge on any atom is -0.478 e. The number of carboxylic acids is 1. The van der Waals surface area contributed by atoms with E-state index in [1.807, 2.05) is 12.1 Å². The molecule has 3 heteroatoms. The van der Waals surface area contributed by atoms with Gasteiger partial charge < -0.3 is 10.4 Å². The summed E-state index contributed by atoms with van der Waals surface area (Å²) in [6, 6.07) is 7.19. The van der Waals surface area contributed by atoms with Crippen molar-refractivity contribution < 1.29 is 9.90 Å². The number of carbonyl (C=O) groups is 1. The highest BCUT2D eigenvalue weighted by molar-refractivity contribution is 5.87. The van der Waals surface area contributed by atoms with E-state index in [9.17, 15) is 4.79 Å². The van der Waals surface area contributed by atoms with Gasteiger partial charge in [-0.3, -0.25) is 0 Å². The Bertz CT molecular complexity index is 326. The number of benzene rings is 1. The summed E-state index contributed by atoms with van der Waals surface area (Å²) in [6.45, 7) is 2.07. The van der Waals surface area contributed by atoms with Crippen LogP contribution in [0.2, 0.25) is 0 Å². The Morgan fingerprint density at radius 3 is 2.57 bits per heavy atom. The van der Waals surface area contributed by atoms with E-state index in [-0.39, 0.29) is 0 Å². The highest BCUT2D eigenvalue weighted by Gasteiger charge is 2.16. The lowest BCUT2D eigenvalue weighted by Gasteiger charge is -2.08. The summed E-state index contributed by atoms with van der Waals surface area (Å²) in [6.07, 6.45) is 1.15. The third-order valence-corrected chi connectivity index (χ3v) is 2.69. The molecule has 0 aromatic heterocycles. The summed E-state index contributed by atoms with van der Waals surface area (Å²) < 4.78 is 0. The van der Waals surface area contributed by atoms with Gasteiger partial charge in [-0.2, -0.15) is 0 Å². The monoisotopic (exact) mass is 191 g/mol. The van der Waals surface area contributed by atoms with Crippen LogP contribution in [0.5, 0.6) is 0 Å². The van der Waals surface area contributed by atoms with Crippen molar-refractivity contribution in [3.8, 4) is 0 Å². The van der Waals surface area contributed by atoms with Crippen molar-refractivity contribution in [3.05, 3.63) is 35.4 Å². The number of hydrogen-bond donors (Lipinski definition) is 2. The lowest BCUT2D eigenvalue weighted by Crippen LogP contribution is -2.08. The van der Waals surface area contributed by atoms with Gasteiger partial charge in [0.1, 0.15) is 0 Å². The molecule has 1 aromatic rings. The topological polar surface area (TPSA) is 49.3 Å². The second-order valence-electron chi connectivity index (χ2n) is 3.62. The standard InChI is InChI=1S/C11H13NO2/c13-11(14)9-3-1-8(2-4-9)10-5-6-12-7-10/h1-4,10,12H,5-7H2,(H,13,14)/t10-/m0/s1. The Morgan fingerprint density at radius 2 is 2.07 bits per heavy atom. The molecule has 0 spiro atoms. The van der Waals surface area contributed by atoms with Gasteiger partial charge in [0, 0.05) is 6.54 Å². The molecule has 74 valence electrons. The molecule has 3 nitrogen and oxygen atoms in total. The van der Waals surface area contributed by atoms with Crippen LogP contribution >= 0.6 is 0 Å². The molecule has 1 atom stereocenters. The van der Waals surface area contributed by atoms with Crippen molar-refractivity contribution in [2.24, 2.45) is 0 Å². The molecular formula is C11H13NO2. The molecule has 1 heterocycles. The van der Waals surface area contributed by atoms with Gasteiger partial charge in [0.05, 0.1) is 5.56 Å². The molecule has 1 saturated heterocycles. The smallest absolute Gasteiger partial charge is 0.335 e. The predicted octanol–water partition coefficient (Wildman–Crippen LogP) is 1.46. The SMILES string of the molecule is O=C(O)c1ccc([C@H]2CCNC2)cc1. The Labute approximate surface area is 82.8 Å². The normalized spacial score (nSPS) is 21.0. The van der Waals surface area contributed by atoms with Gasteiger partial charge >= 0.3 is 5.97 Å². The molecule has 1 aliphatic heterocycles. The van der Waals surface area contributed by atoms with Crippen LogP contribution in [0.25, 0.3) is 0 Å². The quantitative estimate of drug-likeness (QED) is 0.744. The van der Waals surface area contributed by atoms with E-state index >= 15 is 0 Å². The molecule has 1 aromatic carbocycles. The summed E-state index contributed by atoms with van der Waals surface area (Å²) in [5.74, 6) is -0.307. The Morgan fingerprint density at radius 1 is 1.36 bits per heavy atom. The van der Waals surface area contributed by atoms with Gasteiger partial charge in [0.25, 0.3) is 0 Å². The maximum Gasteiger partial charge on any atom is 0.335 e. The highest BCUT2D eigenvalue weighted by atomic mass is 16.4. The number of carboxylic acid groups (broad SMARTS) is 1. The number of nitrogens with one attached hydrogen (secondary N) is 1. The Balaban J connectivity index is 2.16. The summed E-state index contributed by atoms with van der Waals surface area (Å²) in [5, 5.41) is 12.0. The van der Waals surface area contributed by atoms with E-state index in [0.29, 0.717) is 11.5 Å². The lowest BCUT2D eigenvalue weighted by atomic mass is 9.97. The van der Waals surface area contributed by atoms with Gasteiger partial charge in [0.15, 0.2) is 0 Å². The number of hydrogen-bond acceptors (Lipinski definition) is 2. The van der Waals surface area contributed by atoms with Crippen molar-refractivity contribution in [1.29, 1.82) is 0 Å². The molecule has 0 radical (unpaired) electrons. The summed E-state index contributed by atoms with van der Waals surface area (Å²) >= 11 is 0. The maximum atomic E-state index is 10.6. The molecule has 2 N–H and O–H groups in total. The molecule has 0 unspecified atom stereocenters. The van der Waals surface area contributed by atoms with E-state index in [1.165, 1.54) is 5.56 Å². The van der Waals surface area contributed by atoms with Crippen LogP contribution in [-0.2, 0) is 0 Å². The number of aromatic carboxylic acids is 1. The molecular weight excluding hydrogens is 178 g/mol. The van der Waals surface area contributed by atoms with E-state index in [0.717, 1.165) is 19.5 Å². The van der Waals surface area contributed by atoms with Gasteiger partial charge in [-0.1, -0.05) is 12.1 Å². The summed E-state index contributed by atoms with van der Waals surface area (Å²) in [5.41, 5.74) is 1.60. The first-order valence-electron chi connectivity index (χ1n) is 4.81. The van der Waals surface area contributed by atoms with Gasteiger partial charge in [-0.15, -0.1) is 0 Å². The zero-order chi connectivity index (χ0) is 9.97. The van der Waals surface area contributed by atoms with Crippen LogP contribution in [0.3, 0.4) is 0 Å². The maximum absolute atomic E-state index is 10.6. The Hall–Kier alpha value is -1.35. The molecule has 2 rings (SSSR count). The minimum absolute atomic E-state index is 0.361. The Kier molecular flexibility index (Phi) is 2.50. The fourth-order valence-corrected chi connectivity index (χ4v) is 1.84. The summed E-state index contributed by atoms with van der Waals surface area (Å²) in [4.78, 5) is 10.6. The summed E-state index contributed by atoms with van der Waals surface area (Å²) in [7, 11) is 0. The van der Waals surface area contributed by atoms with E-state index in [1.54, 1.807) is 12.1 Å². The van der Waals surface area contributed by atoms with Crippen LogP contribution in [-0.4, -0.2) is 24.2 Å². The molecule has 14 heavy (non-hydrogen) atoms. The first kappa shape index (κ1) is 9.21. The van der Waals surface area contributed by atoms with Crippen molar-refractivity contribution in [3.63, 3.8) is 0 Å². The third-order valence-electron chi connectivity index (χ3n) is 2.69. The van der Waals surface area contributed by atoms with E-state index < -0.39 is 5.97 Å². The fraction of sp³-hybridized carbons (Fsp3) is 0.364. The average molecular weight is 191 g/mol. The van der Waals surface area contributed by atoms with Crippen LogP contribution in [0.4, 0.5) is 0 Å². The second-order valence-corrected chi connectivity index (χ2v) is 3.62. The van der Waals surface area contributed by atoms with E-state index in [2.05, 4.69) is 5.32 Å². The zero-order valence-corrected chi connectivity index (χ0v) is 7.86. The van der Waals surface area contributed by atoms with Crippen LogP contribution in [0, 0.1) is 0 Å². The van der Waals surface area contributed by atoms with Gasteiger partial charge in [-0.05, 0) is 36.6 Å². The first-order valence-corrected chi connectivity index (χ1v) is 4.81. The predicted molar refractivity (Wildman–Crippen MR) is 53.6 cm³/mol. The highest BCUT2D eigenvalue weighted by Crippen LogP contribution is 2.22. The largest absolute Gasteiger partial charge is 0.478 e. The molecule has 0 aliphatic carbocycles. The second kappa shape index (κ2) is 3.80. The van der Waals surface area contributed by atoms with Gasteiger partial charge in [-0.25, -0.2) is 4.79 Å². The van der Waals surface area contributed by atoms with Crippen LogP contribution < -0.4 is 5.32 Å². The van der Waals surface area contributed by atoms with Crippen molar-refractivity contribution in [2.45, 2.75) is 12.3 Å². The van der Waals surface area contributed by atoms with Crippen LogP contribution in [0.1, 0.15) is 28.3 Å². The molecule has 0 saturated carbocycles. The van der Waals surface area contributed by atoms with Crippen LogP contribution in [0.15, 0.2) is 24.3 Å². The molecule has 1 aliphatic rings. The molecule has 1 fully saturated rings. The average Bonchev–Trinajstić information content (AvgIpc) is 2.71. The van der Waals surface area contributed by atoms with Gasteiger partial charge in [0.2, 0.25) is 0 Å². The van der Waals surface area contributed by atoms with Crippen molar-refractivity contribution in [1.82, 2.24) is 5.32 Å².